The van der Waals surface area contributed by atoms with Crippen molar-refractivity contribution in [2.45, 2.75) is 38.0 Å². The fourth-order valence-electron chi connectivity index (χ4n) is 4.06. The summed E-state index contributed by atoms with van der Waals surface area (Å²) in [4.78, 5) is 28.5. The van der Waals surface area contributed by atoms with Gasteiger partial charge in [0.2, 0.25) is 5.91 Å². The second-order valence-electron chi connectivity index (χ2n) is 8.70. The third-order valence-electron chi connectivity index (χ3n) is 5.66. The van der Waals surface area contributed by atoms with Gasteiger partial charge in [-0.2, -0.15) is 5.26 Å². The number of hydrogen-bond acceptors (Lipinski definition) is 5. The number of nitriles is 1. The summed E-state index contributed by atoms with van der Waals surface area (Å²) < 4.78 is 0. The molecule has 1 fully saturated rings. The first-order valence-electron chi connectivity index (χ1n) is 11.2. The van der Waals surface area contributed by atoms with E-state index < -0.39 is 0 Å². The van der Waals surface area contributed by atoms with Gasteiger partial charge in [-0.15, -0.1) is 11.8 Å². The molecule has 0 radical (unpaired) electrons. The maximum atomic E-state index is 12.9. The molecule has 1 N–H and O–H groups in total. The number of para-hydroxylation sites is 1. The molecule has 6 heteroatoms. The lowest BCUT2D eigenvalue weighted by molar-refractivity contribution is -0.117. The van der Waals surface area contributed by atoms with E-state index in [0.717, 1.165) is 48.5 Å². The maximum absolute atomic E-state index is 12.9. The van der Waals surface area contributed by atoms with E-state index in [0.29, 0.717) is 18.2 Å². The highest BCUT2D eigenvalue weighted by molar-refractivity contribution is 7.99. The van der Waals surface area contributed by atoms with Crippen LogP contribution >= 0.6 is 11.8 Å². The van der Waals surface area contributed by atoms with Crippen LogP contribution in [0.2, 0.25) is 0 Å². The molecule has 0 spiro atoms. The van der Waals surface area contributed by atoms with Gasteiger partial charge >= 0.3 is 0 Å². The Hall–Kier alpha value is -2.62. The first-order valence-corrected chi connectivity index (χ1v) is 12.2. The number of benzene rings is 2. The number of ketones is 1. The van der Waals surface area contributed by atoms with Gasteiger partial charge < -0.3 is 5.32 Å². The van der Waals surface area contributed by atoms with Crippen LogP contribution in [0.4, 0.5) is 5.69 Å². The van der Waals surface area contributed by atoms with Crippen molar-refractivity contribution in [2.24, 2.45) is 11.8 Å². The fraction of sp³-hybridized carbons (Fsp3) is 0.423. The lowest BCUT2D eigenvalue weighted by Crippen LogP contribution is -2.40. The average Bonchev–Trinajstić information content (AvgIpc) is 2.78. The summed E-state index contributed by atoms with van der Waals surface area (Å²) in [6, 6.07) is 17.7. The molecule has 168 valence electrons. The van der Waals surface area contributed by atoms with Crippen molar-refractivity contribution in [3.63, 3.8) is 0 Å². The molecule has 2 aromatic carbocycles. The predicted octanol–water partition coefficient (Wildman–Crippen LogP) is 5.03. The number of anilines is 1. The van der Waals surface area contributed by atoms with Gasteiger partial charge in [0.05, 0.1) is 24.1 Å². The molecule has 2 aromatic rings. The van der Waals surface area contributed by atoms with Crippen LogP contribution in [-0.2, 0) is 11.2 Å². The molecule has 0 saturated carbocycles. The van der Waals surface area contributed by atoms with E-state index in [4.69, 9.17) is 5.26 Å². The number of nitrogens with one attached hydrogen (secondary N) is 1. The summed E-state index contributed by atoms with van der Waals surface area (Å²) in [5.41, 5.74) is 2.80. The number of hydrogen-bond donors (Lipinski definition) is 1. The topological polar surface area (TPSA) is 73.2 Å². The summed E-state index contributed by atoms with van der Waals surface area (Å²) in [7, 11) is 0. The maximum Gasteiger partial charge on any atom is 0.238 e. The molecule has 0 aromatic heterocycles. The molecule has 3 rings (SSSR count). The van der Waals surface area contributed by atoms with Gasteiger partial charge in [0.15, 0.2) is 5.78 Å². The second-order valence-corrected chi connectivity index (χ2v) is 9.72. The van der Waals surface area contributed by atoms with Crippen molar-refractivity contribution in [1.82, 2.24) is 4.90 Å². The van der Waals surface area contributed by atoms with Gasteiger partial charge in [-0.25, -0.2) is 0 Å². The Morgan fingerprint density at radius 2 is 1.81 bits per heavy atom. The molecule has 1 aliphatic heterocycles. The molecular formula is C26H31N3O2S. The third kappa shape index (κ3) is 6.94. The zero-order valence-corrected chi connectivity index (χ0v) is 19.7. The van der Waals surface area contributed by atoms with Crippen molar-refractivity contribution in [3.8, 4) is 6.07 Å². The zero-order valence-electron chi connectivity index (χ0n) is 18.8. The summed E-state index contributed by atoms with van der Waals surface area (Å²) >= 11 is 1.41. The van der Waals surface area contributed by atoms with Crippen LogP contribution in [0.15, 0.2) is 53.4 Å². The molecule has 0 aliphatic carbocycles. The van der Waals surface area contributed by atoms with Crippen LogP contribution < -0.4 is 5.32 Å². The van der Waals surface area contributed by atoms with E-state index in [-0.39, 0.29) is 17.6 Å². The number of Topliss-reactive ketones (excluding diaryl/α,β-unsaturated/α-hetero) is 1. The normalized spacial score (nSPS) is 14.8. The van der Waals surface area contributed by atoms with E-state index in [9.17, 15) is 9.59 Å². The second kappa shape index (κ2) is 11.8. The van der Waals surface area contributed by atoms with Crippen LogP contribution in [0.3, 0.4) is 0 Å². The standard InChI is InChI=1S/C26H31N3O2S/c1-19(2)17-20-7-9-21(10-8-20)26(31)22-11-14-29(15-12-22)18-25(30)28-23-5-3-4-6-24(23)32-16-13-27/h3-10,19,22H,11-12,14-18H2,1-2H3,(H,28,30). The van der Waals surface area contributed by atoms with Crippen molar-refractivity contribution in [2.75, 3.05) is 30.7 Å². The highest BCUT2D eigenvalue weighted by atomic mass is 32.2. The van der Waals surface area contributed by atoms with E-state index in [1.54, 1.807) is 0 Å². The van der Waals surface area contributed by atoms with Gasteiger partial charge in [-0.3, -0.25) is 14.5 Å². The van der Waals surface area contributed by atoms with E-state index in [1.807, 2.05) is 36.4 Å². The number of amides is 1. The molecule has 5 nitrogen and oxygen atoms in total. The molecule has 32 heavy (non-hydrogen) atoms. The first kappa shape index (κ1) is 24.0. The number of carbonyl (C=O) groups excluding carboxylic acids is 2. The minimum absolute atomic E-state index is 0.0216. The van der Waals surface area contributed by atoms with Crippen molar-refractivity contribution < 1.29 is 9.59 Å². The minimum Gasteiger partial charge on any atom is -0.324 e. The van der Waals surface area contributed by atoms with Crippen LogP contribution in [0.5, 0.6) is 0 Å². The molecule has 0 unspecified atom stereocenters. The quantitative estimate of drug-likeness (QED) is 0.429. The lowest BCUT2D eigenvalue weighted by Gasteiger charge is -2.30. The summed E-state index contributed by atoms with van der Waals surface area (Å²) in [5, 5.41) is 11.8. The Morgan fingerprint density at radius 3 is 2.47 bits per heavy atom. The Kier molecular flexibility index (Phi) is 8.90. The Bertz CT molecular complexity index is 958. The molecule has 1 amide bonds. The minimum atomic E-state index is -0.0690. The van der Waals surface area contributed by atoms with E-state index in [1.165, 1.54) is 17.3 Å². The number of carbonyl (C=O) groups is 2. The summed E-state index contributed by atoms with van der Waals surface area (Å²) in [6.45, 7) is 6.17. The van der Waals surface area contributed by atoms with Crippen LogP contribution in [0.1, 0.15) is 42.6 Å². The summed E-state index contributed by atoms with van der Waals surface area (Å²) in [6.07, 6.45) is 2.57. The number of likely N-dealkylation sites (tertiary alicyclic amines) is 1. The smallest absolute Gasteiger partial charge is 0.238 e. The zero-order chi connectivity index (χ0) is 22.9. The number of rotatable bonds is 9. The van der Waals surface area contributed by atoms with Gasteiger partial charge in [-0.05, 0) is 56.0 Å². The average molecular weight is 450 g/mol. The van der Waals surface area contributed by atoms with E-state index in [2.05, 4.69) is 42.3 Å². The Morgan fingerprint density at radius 1 is 1.12 bits per heavy atom. The molecule has 0 bridgehead atoms. The van der Waals surface area contributed by atoms with Crippen LogP contribution in [-0.4, -0.2) is 42.0 Å². The molecule has 1 saturated heterocycles. The van der Waals surface area contributed by atoms with Crippen LogP contribution in [0, 0.1) is 23.2 Å². The fourth-order valence-corrected chi connectivity index (χ4v) is 4.73. The number of piperidine rings is 1. The van der Waals surface area contributed by atoms with Crippen molar-refractivity contribution in [1.29, 1.82) is 5.26 Å². The summed E-state index contributed by atoms with van der Waals surface area (Å²) in [5.74, 6) is 1.11. The third-order valence-corrected chi connectivity index (χ3v) is 6.60. The van der Waals surface area contributed by atoms with Crippen molar-refractivity contribution >= 4 is 29.1 Å². The number of thioether (sulfide) groups is 1. The van der Waals surface area contributed by atoms with Gasteiger partial charge in [0.25, 0.3) is 0 Å². The van der Waals surface area contributed by atoms with Crippen LogP contribution in [0.25, 0.3) is 0 Å². The predicted molar refractivity (Wildman–Crippen MR) is 130 cm³/mol. The molecular weight excluding hydrogens is 418 g/mol. The van der Waals surface area contributed by atoms with Gasteiger partial charge in [-0.1, -0.05) is 50.2 Å². The largest absolute Gasteiger partial charge is 0.324 e. The monoisotopic (exact) mass is 449 g/mol. The molecule has 1 heterocycles. The number of nitrogens with zero attached hydrogens (tertiary/aromatic N) is 2. The van der Waals surface area contributed by atoms with Gasteiger partial charge in [0, 0.05) is 16.4 Å². The van der Waals surface area contributed by atoms with Gasteiger partial charge in [0.1, 0.15) is 0 Å². The molecule has 1 aliphatic rings. The van der Waals surface area contributed by atoms with E-state index >= 15 is 0 Å². The Labute approximate surface area is 195 Å². The lowest BCUT2D eigenvalue weighted by atomic mass is 9.88. The van der Waals surface area contributed by atoms with Crippen molar-refractivity contribution in [3.05, 3.63) is 59.7 Å². The first-order chi connectivity index (χ1) is 15.5. The highest BCUT2D eigenvalue weighted by Gasteiger charge is 2.26. The Balaban J connectivity index is 1.48. The highest BCUT2D eigenvalue weighted by Crippen LogP contribution is 2.27. The molecule has 0 atom stereocenters. The SMILES string of the molecule is CC(C)Cc1ccc(C(=O)C2CCN(CC(=O)Nc3ccccc3SCC#N)CC2)cc1.